The molecule has 0 bridgehead atoms. The Bertz CT molecular complexity index is 1910. The second-order valence-electron chi connectivity index (χ2n) is 15.7. The molecule has 2 heterocycles. The summed E-state index contributed by atoms with van der Waals surface area (Å²) >= 11 is 0. The van der Waals surface area contributed by atoms with Crippen LogP contribution in [0.15, 0.2) is 109 Å². The third kappa shape index (κ3) is 9.60. The number of amides is 3. The summed E-state index contributed by atoms with van der Waals surface area (Å²) < 4.78 is 29.3. The maximum absolute atomic E-state index is 14.8. The lowest BCUT2D eigenvalue weighted by atomic mass is 9.81. The van der Waals surface area contributed by atoms with E-state index in [9.17, 15) is 33.4 Å². The van der Waals surface area contributed by atoms with Gasteiger partial charge in [-0.05, 0) is 72.4 Å². The molecule has 2 aliphatic rings. The van der Waals surface area contributed by atoms with Crippen LogP contribution < -0.4 is 10.6 Å². The molecule has 302 valence electrons. The zero-order valence-corrected chi connectivity index (χ0v) is 32.9. The van der Waals surface area contributed by atoms with Crippen molar-refractivity contribution in [2.24, 2.45) is 5.92 Å². The number of halogens is 2. The monoisotopic (exact) mass is 780 g/mol. The Morgan fingerprint density at radius 2 is 1.47 bits per heavy atom. The number of likely N-dealkylation sites (tertiary alicyclic amines) is 2. The van der Waals surface area contributed by atoms with E-state index in [1.54, 1.807) is 0 Å². The average Bonchev–Trinajstić information content (AvgIpc) is 3.73. The lowest BCUT2D eigenvalue weighted by Gasteiger charge is -2.39. The minimum absolute atomic E-state index is 0.134. The SMILES string of the molecule is CC[C@@H](C)C1(NC(C)=O)CCN(C(CCc2ccccc2)C(=O)N[C@@H](Cc2cc(F)cc(F)c2)[C@H](O)[C@H]2C[C@H](O)CN2C(c2ccccc2)c2ccccc2)C1=O. The number of carbonyl (C=O) groups is 3. The number of aliphatic hydroxyl groups excluding tert-OH is 2. The van der Waals surface area contributed by atoms with Crippen molar-refractivity contribution >= 4 is 17.7 Å². The molecule has 2 saturated heterocycles. The quantitative estimate of drug-likeness (QED) is 0.115. The van der Waals surface area contributed by atoms with Crippen molar-refractivity contribution in [3.05, 3.63) is 143 Å². The first-order valence-electron chi connectivity index (χ1n) is 20.0. The number of benzene rings is 4. The van der Waals surface area contributed by atoms with E-state index < -0.39 is 53.4 Å². The summed E-state index contributed by atoms with van der Waals surface area (Å²) in [7, 11) is 0. The van der Waals surface area contributed by atoms with Gasteiger partial charge in [-0.1, -0.05) is 111 Å². The van der Waals surface area contributed by atoms with E-state index in [2.05, 4.69) is 10.6 Å². The van der Waals surface area contributed by atoms with Gasteiger partial charge in [0.1, 0.15) is 23.2 Å². The van der Waals surface area contributed by atoms with Crippen molar-refractivity contribution in [1.29, 1.82) is 0 Å². The zero-order valence-electron chi connectivity index (χ0n) is 32.9. The Kier molecular flexibility index (Phi) is 13.5. The Morgan fingerprint density at radius 3 is 2.04 bits per heavy atom. The molecule has 4 N–H and O–H groups in total. The fourth-order valence-corrected chi connectivity index (χ4v) is 8.93. The summed E-state index contributed by atoms with van der Waals surface area (Å²) in [5.41, 5.74) is 1.89. The Morgan fingerprint density at radius 1 is 0.895 bits per heavy atom. The van der Waals surface area contributed by atoms with E-state index in [0.29, 0.717) is 19.3 Å². The van der Waals surface area contributed by atoms with Gasteiger partial charge in [-0.25, -0.2) is 8.78 Å². The highest BCUT2D eigenvalue weighted by Crippen LogP contribution is 2.38. The first-order chi connectivity index (χ1) is 27.4. The summed E-state index contributed by atoms with van der Waals surface area (Å²) in [5, 5.41) is 29.7. The van der Waals surface area contributed by atoms with Crippen LogP contribution in [0.25, 0.3) is 0 Å². The number of rotatable bonds is 16. The molecule has 0 aliphatic carbocycles. The van der Waals surface area contributed by atoms with Crippen molar-refractivity contribution in [2.45, 2.75) is 101 Å². The Balaban J connectivity index is 1.37. The molecule has 3 amide bonds. The van der Waals surface area contributed by atoms with Gasteiger partial charge in [0.15, 0.2) is 0 Å². The molecule has 4 aromatic rings. The molecule has 0 aromatic heterocycles. The summed E-state index contributed by atoms with van der Waals surface area (Å²) in [6.07, 6.45) is -0.438. The molecule has 2 unspecified atom stereocenters. The second kappa shape index (κ2) is 18.5. The number of carbonyl (C=O) groups excluding carboxylic acids is 3. The van der Waals surface area contributed by atoms with E-state index in [1.165, 1.54) is 24.0 Å². The van der Waals surface area contributed by atoms with Crippen molar-refractivity contribution in [1.82, 2.24) is 20.4 Å². The largest absolute Gasteiger partial charge is 0.392 e. The third-order valence-corrected chi connectivity index (χ3v) is 11.9. The van der Waals surface area contributed by atoms with Crippen LogP contribution in [-0.2, 0) is 27.2 Å². The molecule has 7 atom stereocenters. The predicted octanol–water partition coefficient (Wildman–Crippen LogP) is 5.73. The summed E-state index contributed by atoms with van der Waals surface area (Å²) in [4.78, 5) is 45.4. The highest BCUT2D eigenvalue weighted by molar-refractivity contribution is 5.96. The molecule has 11 heteroatoms. The van der Waals surface area contributed by atoms with Crippen LogP contribution in [-0.4, -0.2) is 86.7 Å². The maximum atomic E-state index is 14.8. The summed E-state index contributed by atoms with van der Waals surface area (Å²) in [5.74, 6) is -3.01. The van der Waals surface area contributed by atoms with Crippen LogP contribution in [0, 0.1) is 17.6 Å². The molecule has 9 nitrogen and oxygen atoms in total. The number of β-amino-alcohol motifs (C(OH)–C–C–N with tert-alkyl or cyclic N) is 1. The lowest BCUT2D eigenvalue weighted by Crippen LogP contribution is -2.61. The topological polar surface area (TPSA) is 122 Å². The smallest absolute Gasteiger partial charge is 0.249 e. The zero-order chi connectivity index (χ0) is 40.7. The number of aliphatic hydroxyl groups is 2. The van der Waals surface area contributed by atoms with Crippen LogP contribution in [0.2, 0.25) is 0 Å². The number of nitrogens with one attached hydrogen (secondary N) is 2. The fraction of sp³-hybridized carbons (Fsp3) is 0.413. The molecule has 57 heavy (non-hydrogen) atoms. The van der Waals surface area contributed by atoms with Crippen molar-refractivity contribution < 1.29 is 33.4 Å². The van der Waals surface area contributed by atoms with Crippen LogP contribution in [0.3, 0.4) is 0 Å². The highest BCUT2D eigenvalue weighted by atomic mass is 19.1. The molecule has 2 aliphatic heterocycles. The number of nitrogens with zero attached hydrogens (tertiary/aromatic N) is 2. The molecule has 0 radical (unpaired) electrons. The van der Waals surface area contributed by atoms with E-state index in [0.717, 1.165) is 22.8 Å². The first-order valence-corrected chi connectivity index (χ1v) is 20.0. The van der Waals surface area contributed by atoms with Crippen LogP contribution in [0.5, 0.6) is 0 Å². The highest BCUT2D eigenvalue weighted by Gasteiger charge is 2.53. The molecule has 0 saturated carbocycles. The summed E-state index contributed by atoms with van der Waals surface area (Å²) in [6.45, 7) is 5.70. The minimum Gasteiger partial charge on any atom is -0.392 e. The van der Waals surface area contributed by atoms with Gasteiger partial charge < -0.3 is 25.7 Å². The molecule has 2 fully saturated rings. The predicted molar refractivity (Wildman–Crippen MR) is 215 cm³/mol. The first kappa shape index (κ1) is 41.7. The van der Waals surface area contributed by atoms with Crippen LogP contribution in [0.1, 0.15) is 74.8 Å². The standard InChI is InChI=1S/C46H54F2N4O5/c1-4-30(2)46(50-31(3)53)22-23-51(45(46)57)40(21-20-32-14-8-5-9-15-32)44(56)49-39(26-33-24-36(47)27-37(48)25-33)43(55)41-28-38(54)29-52(41)42(34-16-10-6-11-17-34)35-18-12-7-13-19-35/h5-19,24-25,27,30,38-43,54-55H,4,20-23,26,28-29H2,1-3H3,(H,49,56)(H,50,53)/t30-,38+,39+,40?,41-,43+,46?/m1/s1. The van der Waals surface area contributed by atoms with Gasteiger partial charge in [-0.3, -0.25) is 19.3 Å². The lowest BCUT2D eigenvalue weighted by molar-refractivity contribution is -0.144. The molecular formula is C46H54F2N4O5. The van der Waals surface area contributed by atoms with Crippen LogP contribution >= 0.6 is 0 Å². The Hall–Kier alpha value is -4.97. The normalized spacial score (nSPS) is 22.0. The van der Waals surface area contributed by atoms with E-state index in [4.69, 9.17) is 0 Å². The van der Waals surface area contributed by atoms with Gasteiger partial charge in [-0.2, -0.15) is 0 Å². The molecule has 6 rings (SSSR count). The van der Waals surface area contributed by atoms with Gasteiger partial charge in [-0.15, -0.1) is 0 Å². The average molecular weight is 781 g/mol. The molecule has 0 spiro atoms. The minimum atomic E-state index is -1.32. The van der Waals surface area contributed by atoms with Gasteiger partial charge in [0, 0.05) is 32.1 Å². The van der Waals surface area contributed by atoms with Crippen molar-refractivity contribution in [2.75, 3.05) is 13.1 Å². The molecular weight excluding hydrogens is 727 g/mol. The third-order valence-electron chi connectivity index (χ3n) is 11.9. The van der Waals surface area contributed by atoms with Gasteiger partial charge >= 0.3 is 0 Å². The van der Waals surface area contributed by atoms with Crippen molar-refractivity contribution in [3.63, 3.8) is 0 Å². The molecule has 4 aromatic carbocycles. The maximum Gasteiger partial charge on any atom is 0.249 e. The van der Waals surface area contributed by atoms with Gasteiger partial charge in [0.2, 0.25) is 17.7 Å². The van der Waals surface area contributed by atoms with Crippen LogP contribution in [0.4, 0.5) is 8.78 Å². The Labute approximate surface area is 334 Å². The number of aryl methyl sites for hydroxylation is 1. The van der Waals surface area contributed by atoms with Gasteiger partial charge in [0.25, 0.3) is 0 Å². The number of hydrogen-bond acceptors (Lipinski definition) is 6. The van der Waals surface area contributed by atoms with E-state index >= 15 is 0 Å². The summed E-state index contributed by atoms with van der Waals surface area (Å²) in [6, 6.07) is 29.1. The van der Waals surface area contributed by atoms with Gasteiger partial charge in [0.05, 0.1) is 24.3 Å². The number of hydrogen-bond donors (Lipinski definition) is 4. The van der Waals surface area contributed by atoms with E-state index in [-0.39, 0.29) is 61.7 Å². The second-order valence-corrected chi connectivity index (χ2v) is 15.7. The fourth-order valence-electron chi connectivity index (χ4n) is 8.93. The van der Waals surface area contributed by atoms with Crippen molar-refractivity contribution in [3.8, 4) is 0 Å². The van der Waals surface area contributed by atoms with E-state index in [1.807, 2.05) is 110 Å².